The van der Waals surface area contributed by atoms with Crippen molar-refractivity contribution in [1.82, 2.24) is 24.6 Å². The van der Waals surface area contributed by atoms with E-state index >= 15 is 0 Å². The predicted molar refractivity (Wildman–Crippen MR) is 79.4 cm³/mol. The van der Waals surface area contributed by atoms with Crippen molar-refractivity contribution in [2.45, 2.75) is 31.8 Å². The molecule has 0 aliphatic heterocycles. The van der Waals surface area contributed by atoms with Crippen LogP contribution in [0.4, 0.5) is 0 Å². The maximum Gasteiger partial charge on any atom is 0.283 e. The van der Waals surface area contributed by atoms with Crippen molar-refractivity contribution in [3.63, 3.8) is 0 Å². The zero-order valence-corrected chi connectivity index (χ0v) is 12.4. The van der Waals surface area contributed by atoms with Gasteiger partial charge in [-0.15, -0.1) is 0 Å². The van der Waals surface area contributed by atoms with E-state index < -0.39 is 0 Å². The summed E-state index contributed by atoms with van der Waals surface area (Å²) >= 11 is 1.44. The van der Waals surface area contributed by atoms with Crippen LogP contribution in [0.3, 0.4) is 0 Å². The Morgan fingerprint density at radius 3 is 2.75 bits per heavy atom. The molecule has 0 saturated heterocycles. The summed E-state index contributed by atoms with van der Waals surface area (Å²) < 4.78 is 1.50. The number of hydrogen-bond donors (Lipinski definition) is 1. The van der Waals surface area contributed by atoms with Crippen molar-refractivity contribution in [2.75, 3.05) is 6.26 Å². The lowest BCUT2D eigenvalue weighted by molar-refractivity contribution is 0.860. The van der Waals surface area contributed by atoms with Crippen molar-refractivity contribution < 1.29 is 0 Å². The molecule has 104 valence electrons. The van der Waals surface area contributed by atoms with Crippen molar-refractivity contribution in [1.29, 1.82) is 0 Å². The van der Waals surface area contributed by atoms with E-state index in [1.165, 1.54) is 16.3 Å². The molecule has 6 nitrogen and oxygen atoms in total. The number of aromatic amines is 1. The molecule has 3 aromatic rings. The number of aromatic nitrogens is 5. The van der Waals surface area contributed by atoms with Gasteiger partial charge in [-0.1, -0.05) is 25.6 Å². The first kappa shape index (κ1) is 13.1. The van der Waals surface area contributed by atoms with Gasteiger partial charge in [0.1, 0.15) is 5.39 Å². The molecule has 0 aliphatic carbocycles. The van der Waals surface area contributed by atoms with Crippen LogP contribution in [0, 0.1) is 0 Å². The van der Waals surface area contributed by atoms with E-state index in [2.05, 4.69) is 33.9 Å². The standard InChI is InChI=1S/C13H15N5OS/c1-4-7-9(5-2)17-18-11(7)15-10-8(12(18)19)6-14-13(16-10)20-3/h6,17H,4-5H2,1-3H3. The number of rotatable bonds is 3. The van der Waals surface area contributed by atoms with E-state index in [1.807, 2.05) is 6.26 Å². The largest absolute Gasteiger partial charge is 0.293 e. The second kappa shape index (κ2) is 4.90. The zero-order chi connectivity index (χ0) is 14.3. The second-order valence-electron chi connectivity index (χ2n) is 4.45. The highest BCUT2D eigenvalue weighted by Crippen LogP contribution is 2.17. The number of nitrogens with one attached hydrogen (secondary N) is 1. The molecule has 0 unspecified atom stereocenters. The number of nitrogens with zero attached hydrogens (tertiary/aromatic N) is 4. The van der Waals surface area contributed by atoms with E-state index in [-0.39, 0.29) is 5.56 Å². The van der Waals surface area contributed by atoms with Crippen LogP contribution in [0.2, 0.25) is 0 Å². The minimum atomic E-state index is -0.146. The summed E-state index contributed by atoms with van der Waals surface area (Å²) in [5.74, 6) is 0. The van der Waals surface area contributed by atoms with Gasteiger partial charge in [-0.05, 0) is 19.1 Å². The number of hydrogen-bond acceptors (Lipinski definition) is 5. The monoisotopic (exact) mass is 289 g/mol. The Balaban J connectivity index is 2.45. The summed E-state index contributed by atoms with van der Waals surface area (Å²) in [6.07, 6.45) is 5.11. The molecule has 0 aliphatic rings. The molecule has 1 N–H and O–H groups in total. The summed E-state index contributed by atoms with van der Waals surface area (Å²) in [7, 11) is 0. The third-order valence-electron chi connectivity index (χ3n) is 3.37. The normalized spacial score (nSPS) is 11.6. The van der Waals surface area contributed by atoms with Gasteiger partial charge in [-0.3, -0.25) is 9.89 Å². The average molecular weight is 289 g/mol. The SMILES string of the molecule is CCc1[nH]n2c(=O)c3cnc(SC)nc3nc2c1CC. The van der Waals surface area contributed by atoms with Gasteiger partial charge in [-0.25, -0.2) is 19.5 Å². The van der Waals surface area contributed by atoms with Gasteiger partial charge >= 0.3 is 0 Å². The van der Waals surface area contributed by atoms with Crippen LogP contribution in [0.15, 0.2) is 16.1 Å². The fraction of sp³-hybridized carbons (Fsp3) is 0.385. The van der Waals surface area contributed by atoms with Crippen molar-refractivity contribution in [3.8, 4) is 0 Å². The predicted octanol–water partition coefficient (Wildman–Crippen LogP) is 1.81. The number of fused-ring (bicyclic) bond motifs is 2. The van der Waals surface area contributed by atoms with Gasteiger partial charge in [0, 0.05) is 17.5 Å². The van der Waals surface area contributed by atoms with Crippen LogP contribution >= 0.6 is 11.8 Å². The van der Waals surface area contributed by atoms with Crippen LogP contribution in [0.5, 0.6) is 0 Å². The van der Waals surface area contributed by atoms with E-state index in [0.717, 1.165) is 24.1 Å². The summed E-state index contributed by atoms with van der Waals surface area (Å²) in [6, 6.07) is 0. The van der Waals surface area contributed by atoms with Gasteiger partial charge in [0.05, 0.1) is 0 Å². The van der Waals surface area contributed by atoms with Crippen LogP contribution in [-0.2, 0) is 12.8 Å². The number of H-pyrrole nitrogens is 1. The maximum atomic E-state index is 12.5. The second-order valence-corrected chi connectivity index (χ2v) is 5.22. The Bertz CT molecular complexity index is 851. The van der Waals surface area contributed by atoms with Crippen molar-refractivity contribution in [3.05, 3.63) is 27.8 Å². The summed E-state index contributed by atoms with van der Waals surface area (Å²) in [6.45, 7) is 4.12. The molecule has 20 heavy (non-hydrogen) atoms. The summed E-state index contributed by atoms with van der Waals surface area (Å²) in [5, 5.41) is 4.19. The third-order valence-corrected chi connectivity index (χ3v) is 3.94. The van der Waals surface area contributed by atoms with Crippen molar-refractivity contribution >= 4 is 28.4 Å². The van der Waals surface area contributed by atoms with Crippen LogP contribution in [-0.4, -0.2) is 30.8 Å². The van der Waals surface area contributed by atoms with E-state index in [1.54, 1.807) is 6.20 Å². The summed E-state index contributed by atoms with van der Waals surface area (Å²) in [4.78, 5) is 25.5. The van der Waals surface area contributed by atoms with Gasteiger partial charge in [0.2, 0.25) is 0 Å². The topological polar surface area (TPSA) is 75.9 Å². The Morgan fingerprint density at radius 1 is 1.30 bits per heavy atom. The van der Waals surface area contributed by atoms with E-state index in [0.29, 0.717) is 21.8 Å². The fourth-order valence-electron chi connectivity index (χ4n) is 2.37. The van der Waals surface area contributed by atoms with E-state index in [9.17, 15) is 4.79 Å². The van der Waals surface area contributed by atoms with Gasteiger partial charge in [-0.2, -0.15) is 0 Å². The molecular formula is C13H15N5OS. The average Bonchev–Trinajstić information content (AvgIpc) is 2.84. The number of aryl methyl sites for hydroxylation is 2. The van der Waals surface area contributed by atoms with Gasteiger partial charge < -0.3 is 0 Å². The molecular weight excluding hydrogens is 274 g/mol. The quantitative estimate of drug-likeness (QED) is 0.588. The molecule has 0 bridgehead atoms. The molecule has 0 saturated carbocycles. The molecule has 3 rings (SSSR count). The molecule has 3 heterocycles. The van der Waals surface area contributed by atoms with Crippen LogP contribution in [0.1, 0.15) is 25.1 Å². The molecule has 0 aromatic carbocycles. The molecule has 3 aromatic heterocycles. The summed E-state index contributed by atoms with van der Waals surface area (Å²) in [5.41, 5.74) is 3.12. The Morgan fingerprint density at radius 2 is 2.10 bits per heavy atom. The lowest BCUT2D eigenvalue weighted by atomic mass is 10.1. The molecule has 0 spiro atoms. The minimum absolute atomic E-state index is 0.146. The molecule has 0 fully saturated rings. The maximum absolute atomic E-state index is 12.5. The van der Waals surface area contributed by atoms with Gasteiger partial charge in [0.25, 0.3) is 5.56 Å². The first-order valence-corrected chi connectivity index (χ1v) is 7.75. The Kier molecular flexibility index (Phi) is 3.21. The minimum Gasteiger partial charge on any atom is -0.293 e. The first-order valence-electron chi connectivity index (χ1n) is 6.52. The smallest absolute Gasteiger partial charge is 0.283 e. The highest BCUT2D eigenvalue weighted by Gasteiger charge is 2.15. The molecule has 0 radical (unpaired) electrons. The molecule has 0 atom stereocenters. The van der Waals surface area contributed by atoms with Crippen LogP contribution < -0.4 is 5.56 Å². The molecule has 7 heteroatoms. The zero-order valence-electron chi connectivity index (χ0n) is 11.6. The lowest BCUT2D eigenvalue weighted by Crippen LogP contribution is -2.16. The fourth-order valence-corrected chi connectivity index (χ4v) is 2.70. The Hall–Kier alpha value is -1.89. The Labute approximate surface area is 119 Å². The first-order chi connectivity index (χ1) is 9.69. The molecule has 0 amide bonds. The highest BCUT2D eigenvalue weighted by atomic mass is 32.2. The van der Waals surface area contributed by atoms with Gasteiger partial charge in [0.15, 0.2) is 16.5 Å². The van der Waals surface area contributed by atoms with Crippen LogP contribution in [0.25, 0.3) is 16.7 Å². The number of thioether (sulfide) groups is 1. The van der Waals surface area contributed by atoms with E-state index in [4.69, 9.17) is 0 Å². The third kappa shape index (κ3) is 1.81. The highest BCUT2D eigenvalue weighted by molar-refractivity contribution is 7.98. The van der Waals surface area contributed by atoms with Crippen molar-refractivity contribution in [2.24, 2.45) is 0 Å². The lowest BCUT2D eigenvalue weighted by Gasteiger charge is -2.00.